The van der Waals surface area contributed by atoms with Gasteiger partial charge < -0.3 is 20.4 Å². The number of fused-ring (bicyclic) bond motifs is 10. The zero-order valence-electron chi connectivity index (χ0n) is 22.6. The van der Waals surface area contributed by atoms with Gasteiger partial charge in [-0.05, 0) is 46.9 Å². The predicted molar refractivity (Wildman–Crippen MR) is 150 cm³/mol. The number of hydrogen-bond donors (Lipinski definition) is 2. The number of piperazine rings is 1. The van der Waals surface area contributed by atoms with Gasteiger partial charge >= 0.3 is 0 Å². The first kappa shape index (κ1) is 23.6. The summed E-state index contributed by atoms with van der Waals surface area (Å²) in [5, 5.41) is 7.36. The van der Waals surface area contributed by atoms with Crippen LogP contribution in [-0.2, 0) is 20.4 Å². The Balaban J connectivity index is 1.38. The highest BCUT2D eigenvalue weighted by Gasteiger charge is 2.73. The van der Waals surface area contributed by atoms with Gasteiger partial charge in [0.25, 0.3) is 0 Å². The average Bonchev–Trinajstić information content (AvgIpc) is 3.62. The van der Waals surface area contributed by atoms with Crippen molar-refractivity contribution in [1.29, 1.82) is 0 Å². The Kier molecular flexibility index (Phi) is 4.40. The Bertz CT molecular complexity index is 1320. The van der Waals surface area contributed by atoms with E-state index < -0.39 is 22.9 Å². The van der Waals surface area contributed by atoms with Crippen LogP contribution in [0.25, 0.3) is 0 Å². The van der Waals surface area contributed by atoms with E-state index in [4.69, 9.17) is 0 Å². The average molecular weight is 509 g/mol. The second-order valence-corrected chi connectivity index (χ2v) is 12.9. The maximum Gasteiger partial charge on any atom is 0.247 e. The molecule has 0 aromatic heterocycles. The number of para-hydroxylation sites is 2. The molecule has 2 aromatic carbocycles. The standard InChI is InChI=1S/C32H36N4O2/c1-7-29(3,4)31-17-23-25(37)36-24(26(38)35(23)27(31)33-21-15-11-9-13-19(21)31)18-32(30(5,6)8-2)20-14-10-12-16-22(20)34-28(32)36/h7-16,23-24,27-28,33-34H,1-2,17-18H2,3-6H3/t23-,24-,27-,28+,31+,32-/m1/s1. The molecule has 2 N–H and O–H groups in total. The number of rotatable bonds is 4. The van der Waals surface area contributed by atoms with Crippen LogP contribution in [0.15, 0.2) is 73.8 Å². The molecule has 0 radical (unpaired) electrons. The number of anilines is 2. The summed E-state index contributed by atoms with van der Waals surface area (Å²) in [4.78, 5) is 33.0. The molecule has 6 nitrogen and oxygen atoms in total. The lowest BCUT2D eigenvalue weighted by Crippen LogP contribution is -2.66. The second-order valence-electron chi connectivity index (χ2n) is 12.9. The fourth-order valence-corrected chi connectivity index (χ4v) is 8.66. The molecule has 7 rings (SSSR count). The largest absolute Gasteiger partial charge is 0.364 e. The van der Waals surface area contributed by atoms with Crippen LogP contribution in [-0.4, -0.2) is 46.0 Å². The smallest absolute Gasteiger partial charge is 0.247 e. The van der Waals surface area contributed by atoms with E-state index in [9.17, 15) is 9.59 Å². The Hall–Kier alpha value is -3.54. The van der Waals surface area contributed by atoms with Crippen molar-refractivity contribution in [3.8, 4) is 0 Å². The molecular weight excluding hydrogens is 472 g/mol. The van der Waals surface area contributed by atoms with Gasteiger partial charge in [-0.15, -0.1) is 13.2 Å². The first-order valence-corrected chi connectivity index (χ1v) is 13.7. The van der Waals surface area contributed by atoms with Gasteiger partial charge in [0.1, 0.15) is 24.4 Å². The van der Waals surface area contributed by atoms with Gasteiger partial charge in [-0.2, -0.15) is 0 Å². The van der Waals surface area contributed by atoms with E-state index in [1.165, 1.54) is 11.1 Å². The Morgan fingerprint density at radius 2 is 1.11 bits per heavy atom. The maximum absolute atomic E-state index is 14.6. The van der Waals surface area contributed by atoms with Crippen molar-refractivity contribution < 1.29 is 9.59 Å². The van der Waals surface area contributed by atoms with Gasteiger partial charge in [0.15, 0.2) is 0 Å². The molecule has 0 spiro atoms. The highest BCUT2D eigenvalue weighted by atomic mass is 16.2. The molecule has 0 saturated carbocycles. The minimum absolute atomic E-state index is 0.0366. The number of benzene rings is 2. The molecule has 3 saturated heterocycles. The van der Waals surface area contributed by atoms with Crippen LogP contribution >= 0.6 is 0 Å². The van der Waals surface area contributed by atoms with Gasteiger partial charge in [-0.25, -0.2) is 0 Å². The molecule has 0 aliphatic carbocycles. The molecule has 3 fully saturated rings. The normalized spacial score (nSPS) is 34.4. The summed E-state index contributed by atoms with van der Waals surface area (Å²) >= 11 is 0. The van der Waals surface area contributed by atoms with E-state index in [1.807, 2.05) is 46.2 Å². The number of hydrogen-bond acceptors (Lipinski definition) is 4. The van der Waals surface area contributed by atoms with Gasteiger partial charge in [0, 0.05) is 22.2 Å². The number of amides is 2. The second kappa shape index (κ2) is 7.10. The molecule has 6 atom stereocenters. The number of allylic oxidation sites excluding steroid dienone is 2. The van der Waals surface area contributed by atoms with Crippen LogP contribution < -0.4 is 10.6 Å². The lowest BCUT2D eigenvalue weighted by atomic mass is 9.60. The quantitative estimate of drug-likeness (QED) is 0.570. The third kappa shape index (κ3) is 2.37. The third-order valence-corrected chi connectivity index (χ3v) is 11.0. The molecule has 0 bridgehead atoms. The van der Waals surface area contributed by atoms with Crippen molar-refractivity contribution in [3.63, 3.8) is 0 Å². The number of nitrogens with one attached hydrogen (secondary N) is 2. The summed E-state index contributed by atoms with van der Waals surface area (Å²) in [7, 11) is 0. The van der Waals surface area contributed by atoms with Crippen LogP contribution in [0.4, 0.5) is 11.4 Å². The summed E-state index contributed by atoms with van der Waals surface area (Å²) in [6.07, 6.45) is 4.50. The maximum atomic E-state index is 14.6. The van der Waals surface area contributed by atoms with Gasteiger partial charge in [0.05, 0.1) is 0 Å². The molecule has 5 heterocycles. The van der Waals surface area contributed by atoms with Gasteiger partial charge in [-0.1, -0.05) is 76.2 Å². The third-order valence-electron chi connectivity index (χ3n) is 11.0. The van der Waals surface area contributed by atoms with Crippen LogP contribution in [0.2, 0.25) is 0 Å². The summed E-state index contributed by atoms with van der Waals surface area (Å²) in [5.41, 5.74) is 2.80. The summed E-state index contributed by atoms with van der Waals surface area (Å²) in [6.45, 7) is 17.1. The zero-order chi connectivity index (χ0) is 26.8. The van der Waals surface area contributed by atoms with Gasteiger partial charge in [0.2, 0.25) is 11.8 Å². The number of carbonyl (C=O) groups is 2. The van der Waals surface area contributed by atoms with E-state index in [2.05, 4.69) is 75.8 Å². The van der Waals surface area contributed by atoms with E-state index in [1.54, 1.807) is 0 Å². The van der Waals surface area contributed by atoms with Crippen molar-refractivity contribution >= 4 is 23.2 Å². The molecule has 0 unspecified atom stereocenters. The van der Waals surface area contributed by atoms with Crippen molar-refractivity contribution in [2.24, 2.45) is 10.8 Å². The van der Waals surface area contributed by atoms with Crippen LogP contribution in [0.3, 0.4) is 0 Å². The SMILES string of the molecule is C=CC(C)(C)[C@]12C[C@@H]3C(=O)N4[C@H](C[C@@]5(C(C)(C)C=C)c6ccccc6N[C@@H]45)C(=O)N3[C@H]1Nc1ccccc12. The molecule has 5 aliphatic rings. The highest BCUT2D eigenvalue weighted by molar-refractivity contribution is 6.00. The van der Waals surface area contributed by atoms with Crippen LogP contribution in [0, 0.1) is 10.8 Å². The molecule has 2 amide bonds. The summed E-state index contributed by atoms with van der Waals surface area (Å²) in [5.74, 6) is 0.0733. The monoisotopic (exact) mass is 508 g/mol. The van der Waals surface area contributed by atoms with Crippen LogP contribution in [0.5, 0.6) is 0 Å². The molecule has 196 valence electrons. The Labute approximate surface area is 224 Å². The van der Waals surface area contributed by atoms with E-state index in [-0.39, 0.29) is 35.0 Å². The minimum Gasteiger partial charge on any atom is -0.364 e. The lowest BCUT2D eigenvalue weighted by molar-refractivity contribution is -0.160. The fourth-order valence-electron chi connectivity index (χ4n) is 8.66. The Morgan fingerprint density at radius 3 is 1.47 bits per heavy atom. The highest BCUT2D eigenvalue weighted by Crippen LogP contribution is 2.64. The van der Waals surface area contributed by atoms with Crippen molar-refractivity contribution in [1.82, 2.24) is 9.80 Å². The lowest BCUT2D eigenvalue weighted by Gasteiger charge is -2.45. The summed E-state index contributed by atoms with van der Waals surface area (Å²) in [6, 6.07) is 15.5. The van der Waals surface area contributed by atoms with E-state index >= 15 is 0 Å². The predicted octanol–water partition coefficient (Wildman–Crippen LogP) is 5.01. The van der Waals surface area contributed by atoms with Crippen molar-refractivity contribution in [2.75, 3.05) is 10.6 Å². The number of nitrogens with zero attached hydrogens (tertiary/aromatic N) is 2. The first-order valence-electron chi connectivity index (χ1n) is 13.7. The topological polar surface area (TPSA) is 64.7 Å². The zero-order valence-corrected chi connectivity index (χ0v) is 22.6. The minimum atomic E-state index is -0.531. The van der Waals surface area contributed by atoms with E-state index in [0.29, 0.717) is 12.8 Å². The van der Waals surface area contributed by atoms with E-state index in [0.717, 1.165) is 11.4 Å². The molecular formula is C32H36N4O2. The van der Waals surface area contributed by atoms with Crippen molar-refractivity contribution in [2.45, 2.75) is 75.8 Å². The molecule has 6 heteroatoms. The molecule has 2 aromatic rings. The van der Waals surface area contributed by atoms with Gasteiger partial charge in [-0.3, -0.25) is 9.59 Å². The molecule has 5 aliphatic heterocycles. The summed E-state index contributed by atoms with van der Waals surface area (Å²) < 4.78 is 0. The number of carbonyl (C=O) groups excluding carboxylic acids is 2. The van der Waals surface area contributed by atoms with Crippen molar-refractivity contribution in [3.05, 3.63) is 85.0 Å². The Morgan fingerprint density at radius 1 is 0.737 bits per heavy atom. The fraction of sp³-hybridized carbons (Fsp3) is 0.438. The molecule has 38 heavy (non-hydrogen) atoms. The van der Waals surface area contributed by atoms with Crippen LogP contribution in [0.1, 0.15) is 51.7 Å². The first-order chi connectivity index (χ1) is 18.1.